The van der Waals surface area contributed by atoms with Gasteiger partial charge in [-0.15, -0.1) is 0 Å². The minimum Gasteiger partial charge on any atom is -0.354 e. The summed E-state index contributed by atoms with van der Waals surface area (Å²) in [5, 5.41) is 2.58. The SMILES string of the molecule is CCc1cc2ncc(CN3CC(Cc4ccc(C(=O)NC)nc4)C3)cc2[nH]c1=O. The molecule has 0 atom stereocenters. The number of aryl methyl sites for hydroxylation is 1. The van der Waals surface area contributed by atoms with Gasteiger partial charge in [-0.3, -0.25) is 24.5 Å². The van der Waals surface area contributed by atoms with Crippen LogP contribution in [0.15, 0.2) is 41.5 Å². The third-order valence-corrected chi connectivity index (χ3v) is 5.45. The van der Waals surface area contributed by atoms with E-state index in [1.54, 1.807) is 19.3 Å². The monoisotopic (exact) mass is 391 g/mol. The first kappa shape index (κ1) is 19.3. The fourth-order valence-electron chi connectivity index (χ4n) is 3.85. The molecule has 0 bridgehead atoms. The van der Waals surface area contributed by atoms with Gasteiger partial charge in [0.1, 0.15) is 5.69 Å². The van der Waals surface area contributed by atoms with Crippen molar-refractivity contribution in [3.8, 4) is 0 Å². The van der Waals surface area contributed by atoms with Crippen molar-refractivity contribution < 1.29 is 4.79 Å². The maximum Gasteiger partial charge on any atom is 0.269 e. The van der Waals surface area contributed by atoms with Crippen LogP contribution in [-0.4, -0.2) is 45.9 Å². The van der Waals surface area contributed by atoms with Crippen LogP contribution in [0.4, 0.5) is 0 Å². The van der Waals surface area contributed by atoms with Crippen molar-refractivity contribution in [3.05, 3.63) is 69.4 Å². The van der Waals surface area contributed by atoms with E-state index in [1.165, 1.54) is 0 Å². The minimum atomic E-state index is -0.164. The molecule has 0 aromatic carbocycles. The molecule has 1 amide bonds. The molecule has 1 saturated heterocycles. The molecule has 7 nitrogen and oxygen atoms in total. The van der Waals surface area contributed by atoms with Crippen LogP contribution in [0.1, 0.15) is 34.1 Å². The number of likely N-dealkylation sites (tertiary alicyclic amines) is 1. The number of carbonyl (C=O) groups excluding carboxylic acids is 1. The van der Waals surface area contributed by atoms with E-state index >= 15 is 0 Å². The number of pyridine rings is 3. The van der Waals surface area contributed by atoms with E-state index in [1.807, 2.05) is 31.3 Å². The minimum absolute atomic E-state index is 0.0287. The summed E-state index contributed by atoms with van der Waals surface area (Å²) in [5.74, 6) is 0.422. The molecule has 1 aliphatic heterocycles. The molecule has 0 aliphatic carbocycles. The van der Waals surface area contributed by atoms with Crippen molar-refractivity contribution >= 4 is 16.9 Å². The molecule has 1 fully saturated rings. The highest BCUT2D eigenvalue weighted by Gasteiger charge is 2.27. The first-order valence-corrected chi connectivity index (χ1v) is 9.96. The van der Waals surface area contributed by atoms with Crippen molar-refractivity contribution in [3.63, 3.8) is 0 Å². The van der Waals surface area contributed by atoms with E-state index in [0.717, 1.165) is 53.8 Å². The summed E-state index contributed by atoms with van der Waals surface area (Å²) in [6.45, 7) is 4.82. The lowest BCUT2D eigenvalue weighted by molar-refractivity contribution is 0.0924. The molecule has 0 radical (unpaired) electrons. The molecule has 7 heteroatoms. The van der Waals surface area contributed by atoms with Crippen molar-refractivity contribution in [1.82, 2.24) is 25.2 Å². The summed E-state index contributed by atoms with van der Waals surface area (Å²) in [6, 6.07) is 7.66. The standard InChI is InChI=1S/C22H25N5O2/c1-3-17-8-19-20(26-21(17)28)7-15(10-25-19)11-27-12-16(13-27)6-14-4-5-18(24-9-14)22(29)23-2/h4-5,7-10,16H,3,6,11-13H2,1-2H3,(H,23,29)(H,26,28). The molecule has 29 heavy (non-hydrogen) atoms. The second kappa shape index (κ2) is 8.13. The van der Waals surface area contributed by atoms with Crippen molar-refractivity contribution in [1.29, 1.82) is 0 Å². The summed E-state index contributed by atoms with van der Waals surface area (Å²) >= 11 is 0. The lowest BCUT2D eigenvalue weighted by Gasteiger charge is -2.39. The van der Waals surface area contributed by atoms with E-state index in [0.29, 0.717) is 18.0 Å². The lowest BCUT2D eigenvalue weighted by atomic mass is 9.92. The zero-order valence-electron chi connectivity index (χ0n) is 16.7. The van der Waals surface area contributed by atoms with Gasteiger partial charge in [0.2, 0.25) is 0 Å². The maximum atomic E-state index is 12.0. The van der Waals surface area contributed by atoms with E-state index in [9.17, 15) is 9.59 Å². The number of aromatic nitrogens is 3. The molecule has 3 aromatic rings. The lowest BCUT2D eigenvalue weighted by Crippen LogP contribution is -2.46. The summed E-state index contributed by atoms with van der Waals surface area (Å²) < 4.78 is 0. The van der Waals surface area contributed by atoms with Crippen LogP contribution in [0, 0.1) is 5.92 Å². The predicted molar refractivity (Wildman–Crippen MR) is 112 cm³/mol. The second-order valence-electron chi connectivity index (χ2n) is 7.65. The Bertz CT molecular complexity index is 1080. The number of H-pyrrole nitrogens is 1. The number of hydrogen-bond donors (Lipinski definition) is 2. The molecule has 4 rings (SSSR count). The highest BCUT2D eigenvalue weighted by atomic mass is 16.1. The number of carbonyl (C=O) groups is 1. The van der Waals surface area contributed by atoms with Crippen molar-refractivity contribution in [2.45, 2.75) is 26.3 Å². The molecule has 1 aliphatic rings. The van der Waals surface area contributed by atoms with Gasteiger partial charge in [-0.2, -0.15) is 0 Å². The van der Waals surface area contributed by atoms with Gasteiger partial charge < -0.3 is 10.3 Å². The first-order chi connectivity index (χ1) is 14.1. The second-order valence-corrected chi connectivity index (χ2v) is 7.65. The number of aromatic amines is 1. The van der Waals surface area contributed by atoms with E-state index in [2.05, 4.69) is 25.2 Å². The van der Waals surface area contributed by atoms with Gasteiger partial charge in [0.15, 0.2) is 0 Å². The maximum absolute atomic E-state index is 12.0. The quantitative estimate of drug-likeness (QED) is 0.670. The third kappa shape index (κ3) is 4.19. The molecular formula is C22H25N5O2. The van der Waals surface area contributed by atoms with Crippen molar-refractivity contribution in [2.75, 3.05) is 20.1 Å². The van der Waals surface area contributed by atoms with Crippen LogP contribution in [0.2, 0.25) is 0 Å². The van der Waals surface area contributed by atoms with Crippen LogP contribution in [-0.2, 0) is 19.4 Å². The van der Waals surface area contributed by atoms with Crippen LogP contribution < -0.4 is 10.9 Å². The number of rotatable bonds is 6. The predicted octanol–water partition coefficient (Wildman–Crippen LogP) is 1.91. The number of nitrogens with zero attached hydrogens (tertiary/aromatic N) is 3. The molecule has 4 heterocycles. The van der Waals surface area contributed by atoms with Gasteiger partial charge in [0.05, 0.1) is 11.0 Å². The zero-order valence-corrected chi connectivity index (χ0v) is 16.7. The van der Waals surface area contributed by atoms with Crippen LogP contribution in [0.25, 0.3) is 11.0 Å². The summed E-state index contributed by atoms with van der Waals surface area (Å²) in [7, 11) is 1.60. The molecule has 150 valence electrons. The van der Waals surface area contributed by atoms with Gasteiger partial charge in [-0.05, 0) is 48.1 Å². The average molecular weight is 391 g/mol. The van der Waals surface area contributed by atoms with Crippen molar-refractivity contribution in [2.24, 2.45) is 5.92 Å². The van der Waals surface area contributed by atoms with Gasteiger partial charge in [0.25, 0.3) is 11.5 Å². The third-order valence-electron chi connectivity index (χ3n) is 5.45. The Morgan fingerprint density at radius 2 is 2.00 bits per heavy atom. The number of fused-ring (bicyclic) bond motifs is 1. The number of nitrogens with one attached hydrogen (secondary N) is 2. The van der Waals surface area contributed by atoms with Crippen LogP contribution in [0.3, 0.4) is 0 Å². The molecule has 0 spiro atoms. The molecule has 0 unspecified atom stereocenters. The largest absolute Gasteiger partial charge is 0.354 e. The van der Waals surface area contributed by atoms with Gasteiger partial charge in [-0.1, -0.05) is 13.0 Å². The van der Waals surface area contributed by atoms with Gasteiger partial charge in [-0.25, -0.2) is 0 Å². The Balaban J connectivity index is 1.33. The Morgan fingerprint density at radius 3 is 2.69 bits per heavy atom. The van der Waals surface area contributed by atoms with Crippen LogP contribution >= 0.6 is 0 Å². The highest BCUT2D eigenvalue weighted by Crippen LogP contribution is 2.23. The summed E-state index contributed by atoms with van der Waals surface area (Å²) in [6.07, 6.45) is 5.35. The van der Waals surface area contributed by atoms with Crippen LogP contribution in [0.5, 0.6) is 0 Å². The van der Waals surface area contributed by atoms with E-state index < -0.39 is 0 Å². The molecule has 0 saturated carbocycles. The Kier molecular flexibility index (Phi) is 5.40. The topological polar surface area (TPSA) is 91.0 Å². The Morgan fingerprint density at radius 1 is 1.21 bits per heavy atom. The molecule has 2 N–H and O–H groups in total. The normalized spacial score (nSPS) is 14.7. The molecular weight excluding hydrogens is 366 g/mol. The van der Waals surface area contributed by atoms with Gasteiger partial charge in [0, 0.05) is 44.6 Å². The van der Waals surface area contributed by atoms with Gasteiger partial charge >= 0.3 is 0 Å². The molecule has 3 aromatic heterocycles. The average Bonchev–Trinajstić information content (AvgIpc) is 2.71. The zero-order chi connectivity index (χ0) is 20.4. The van der Waals surface area contributed by atoms with E-state index in [-0.39, 0.29) is 11.5 Å². The summed E-state index contributed by atoms with van der Waals surface area (Å²) in [5.41, 5.74) is 5.06. The fourth-order valence-corrected chi connectivity index (χ4v) is 3.85. The summed E-state index contributed by atoms with van der Waals surface area (Å²) in [4.78, 5) is 37.7. The highest BCUT2D eigenvalue weighted by molar-refractivity contribution is 5.91. The number of amides is 1. The smallest absolute Gasteiger partial charge is 0.269 e. The first-order valence-electron chi connectivity index (χ1n) is 9.96. The Labute approximate surface area is 169 Å². The fraction of sp³-hybridized carbons (Fsp3) is 0.364. The Hall–Kier alpha value is -3.06. The number of hydrogen-bond acceptors (Lipinski definition) is 5. The van der Waals surface area contributed by atoms with E-state index in [4.69, 9.17) is 0 Å².